The molecule has 27 heavy (non-hydrogen) atoms. The average molecular weight is 379 g/mol. The molecule has 1 amide bonds. The molecule has 1 N–H and O–H groups in total. The van der Waals surface area contributed by atoms with Crippen LogP contribution in [0.2, 0.25) is 0 Å². The quantitative estimate of drug-likeness (QED) is 0.574. The molecule has 0 saturated carbocycles. The monoisotopic (exact) mass is 379 g/mol. The predicted octanol–water partition coefficient (Wildman–Crippen LogP) is 3.51. The van der Waals surface area contributed by atoms with Crippen LogP contribution < -0.4 is 10.1 Å². The standard InChI is InChI=1S/C19H17N5O2S/c1-12-10-13(2)24(23-12)16-7-6-14-4-3-5-15(18(14)21-16)26-11-17(25)22-19-20-8-9-27-19/h3-10H,11H2,1-2H3,(H,20,22,25). The van der Waals surface area contributed by atoms with E-state index in [9.17, 15) is 4.79 Å². The summed E-state index contributed by atoms with van der Waals surface area (Å²) < 4.78 is 7.52. The van der Waals surface area contributed by atoms with Crippen LogP contribution in [0.5, 0.6) is 5.75 Å². The van der Waals surface area contributed by atoms with Crippen molar-refractivity contribution in [3.8, 4) is 11.6 Å². The molecule has 0 aliphatic heterocycles. The third kappa shape index (κ3) is 3.65. The Morgan fingerprint density at radius 3 is 2.89 bits per heavy atom. The maximum atomic E-state index is 12.1. The number of ether oxygens (including phenoxy) is 1. The fourth-order valence-electron chi connectivity index (χ4n) is 2.79. The number of benzene rings is 1. The summed E-state index contributed by atoms with van der Waals surface area (Å²) in [6.45, 7) is 3.81. The van der Waals surface area contributed by atoms with Gasteiger partial charge in [0.15, 0.2) is 17.6 Å². The highest BCUT2D eigenvalue weighted by Crippen LogP contribution is 2.25. The number of nitrogens with zero attached hydrogens (tertiary/aromatic N) is 4. The molecular formula is C19H17N5O2S. The molecule has 3 heterocycles. The van der Waals surface area contributed by atoms with Gasteiger partial charge in [-0.2, -0.15) is 5.10 Å². The first-order chi connectivity index (χ1) is 13.1. The maximum Gasteiger partial charge on any atom is 0.264 e. The molecule has 0 aliphatic rings. The van der Waals surface area contributed by atoms with Crippen molar-refractivity contribution in [2.24, 2.45) is 0 Å². The predicted molar refractivity (Wildman–Crippen MR) is 105 cm³/mol. The molecule has 0 saturated heterocycles. The Balaban J connectivity index is 1.59. The summed E-state index contributed by atoms with van der Waals surface area (Å²) in [5.41, 5.74) is 2.61. The van der Waals surface area contributed by atoms with E-state index in [-0.39, 0.29) is 12.5 Å². The lowest BCUT2D eigenvalue weighted by atomic mass is 10.2. The Hall–Kier alpha value is -3.26. The third-order valence-electron chi connectivity index (χ3n) is 3.93. The van der Waals surface area contributed by atoms with E-state index in [0.29, 0.717) is 22.2 Å². The normalized spacial score (nSPS) is 10.9. The lowest BCUT2D eigenvalue weighted by Gasteiger charge is -2.10. The maximum absolute atomic E-state index is 12.1. The molecule has 4 aromatic rings. The largest absolute Gasteiger partial charge is 0.481 e. The molecule has 8 heteroatoms. The SMILES string of the molecule is Cc1cc(C)n(-c2ccc3cccc(OCC(=O)Nc4nccs4)c3n2)n1. The fraction of sp³-hybridized carbons (Fsp3) is 0.158. The zero-order valence-corrected chi connectivity index (χ0v) is 15.7. The minimum absolute atomic E-state index is 0.121. The molecule has 0 radical (unpaired) electrons. The van der Waals surface area contributed by atoms with Crippen LogP contribution in [0, 0.1) is 13.8 Å². The van der Waals surface area contributed by atoms with Gasteiger partial charge in [0.2, 0.25) is 0 Å². The number of hydrogen-bond acceptors (Lipinski definition) is 6. The lowest BCUT2D eigenvalue weighted by Crippen LogP contribution is -2.20. The van der Waals surface area contributed by atoms with Gasteiger partial charge < -0.3 is 4.74 Å². The molecular weight excluding hydrogens is 362 g/mol. The number of anilines is 1. The van der Waals surface area contributed by atoms with Crippen molar-refractivity contribution in [3.05, 3.63) is 59.4 Å². The highest BCUT2D eigenvalue weighted by atomic mass is 32.1. The van der Waals surface area contributed by atoms with Gasteiger partial charge >= 0.3 is 0 Å². The van der Waals surface area contributed by atoms with Crippen LogP contribution in [0.15, 0.2) is 48.0 Å². The summed E-state index contributed by atoms with van der Waals surface area (Å²) in [7, 11) is 0. The third-order valence-corrected chi connectivity index (χ3v) is 4.62. The molecule has 0 bridgehead atoms. The zero-order valence-electron chi connectivity index (χ0n) is 14.8. The second-order valence-electron chi connectivity index (χ2n) is 6.01. The summed E-state index contributed by atoms with van der Waals surface area (Å²) in [5, 5.41) is 10.4. The number of para-hydroxylation sites is 1. The van der Waals surface area contributed by atoms with E-state index in [1.807, 2.05) is 44.2 Å². The van der Waals surface area contributed by atoms with Gasteiger partial charge in [-0.05, 0) is 38.1 Å². The van der Waals surface area contributed by atoms with E-state index in [2.05, 4.69) is 15.4 Å². The summed E-state index contributed by atoms with van der Waals surface area (Å²) in [6, 6.07) is 11.5. The average Bonchev–Trinajstić information content (AvgIpc) is 3.28. The fourth-order valence-corrected chi connectivity index (χ4v) is 3.33. The number of carbonyl (C=O) groups excluding carboxylic acids is 1. The number of aromatic nitrogens is 4. The molecule has 7 nitrogen and oxygen atoms in total. The van der Waals surface area contributed by atoms with Crippen LogP contribution in [-0.2, 0) is 4.79 Å². The van der Waals surface area contributed by atoms with E-state index < -0.39 is 0 Å². The molecule has 0 unspecified atom stereocenters. The van der Waals surface area contributed by atoms with Crippen molar-refractivity contribution in [1.82, 2.24) is 19.7 Å². The molecule has 0 spiro atoms. The first kappa shape index (κ1) is 17.2. The van der Waals surface area contributed by atoms with Crippen LogP contribution >= 0.6 is 11.3 Å². The van der Waals surface area contributed by atoms with Gasteiger partial charge in [0.25, 0.3) is 5.91 Å². The molecule has 4 rings (SSSR count). The van der Waals surface area contributed by atoms with Gasteiger partial charge in [0, 0.05) is 22.7 Å². The minimum atomic E-state index is -0.267. The van der Waals surface area contributed by atoms with Gasteiger partial charge in [-0.1, -0.05) is 12.1 Å². The number of rotatable bonds is 5. The first-order valence-corrected chi connectivity index (χ1v) is 9.24. The second-order valence-corrected chi connectivity index (χ2v) is 6.90. The van der Waals surface area contributed by atoms with Gasteiger partial charge in [0.05, 0.1) is 5.69 Å². The van der Waals surface area contributed by atoms with Crippen LogP contribution in [0.4, 0.5) is 5.13 Å². The van der Waals surface area contributed by atoms with Crippen molar-refractivity contribution in [3.63, 3.8) is 0 Å². The number of amides is 1. The van der Waals surface area contributed by atoms with Crippen molar-refractivity contribution in [2.45, 2.75) is 13.8 Å². The topological polar surface area (TPSA) is 81.9 Å². The Labute approximate surface area is 159 Å². The van der Waals surface area contributed by atoms with Crippen LogP contribution in [-0.4, -0.2) is 32.3 Å². The smallest absolute Gasteiger partial charge is 0.264 e. The number of carbonyl (C=O) groups is 1. The summed E-state index contributed by atoms with van der Waals surface area (Å²) in [6.07, 6.45) is 1.64. The van der Waals surface area contributed by atoms with Crippen molar-refractivity contribution >= 4 is 33.3 Å². The number of hydrogen-bond donors (Lipinski definition) is 1. The number of fused-ring (bicyclic) bond motifs is 1. The number of nitrogens with one attached hydrogen (secondary N) is 1. The Morgan fingerprint density at radius 1 is 1.26 bits per heavy atom. The van der Waals surface area contributed by atoms with E-state index in [0.717, 1.165) is 16.8 Å². The number of pyridine rings is 1. The highest BCUT2D eigenvalue weighted by molar-refractivity contribution is 7.13. The van der Waals surface area contributed by atoms with Gasteiger partial charge in [-0.15, -0.1) is 11.3 Å². The Morgan fingerprint density at radius 2 is 2.15 bits per heavy atom. The molecule has 0 fully saturated rings. The molecule has 0 aliphatic carbocycles. The van der Waals surface area contributed by atoms with Crippen molar-refractivity contribution in [2.75, 3.05) is 11.9 Å². The first-order valence-electron chi connectivity index (χ1n) is 8.36. The summed E-state index contributed by atoms with van der Waals surface area (Å²) in [5.74, 6) is 0.984. The molecule has 136 valence electrons. The molecule has 3 aromatic heterocycles. The second kappa shape index (κ2) is 7.16. The van der Waals surface area contributed by atoms with Crippen molar-refractivity contribution in [1.29, 1.82) is 0 Å². The summed E-state index contributed by atoms with van der Waals surface area (Å²) in [4.78, 5) is 20.8. The van der Waals surface area contributed by atoms with E-state index in [4.69, 9.17) is 9.72 Å². The zero-order chi connectivity index (χ0) is 18.8. The van der Waals surface area contributed by atoms with Gasteiger partial charge in [-0.25, -0.2) is 14.6 Å². The minimum Gasteiger partial charge on any atom is -0.481 e. The van der Waals surface area contributed by atoms with Crippen LogP contribution in [0.25, 0.3) is 16.7 Å². The Bertz CT molecular complexity index is 1100. The molecule has 1 aromatic carbocycles. The molecule has 0 atom stereocenters. The number of aryl methyl sites for hydroxylation is 2. The summed E-state index contributed by atoms with van der Waals surface area (Å²) >= 11 is 1.36. The van der Waals surface area contributed by atoms with Gasteiger partial charge in [-0.3, -0.25) is 10.1 Å². The number of thiazole rings is 1. The van der Waals surface area contributed by atoms with E-state index in [1.54, 1.807) is 22.3 Å². The van der Waals surface area contributed by atoms with E-state index in [1.165, 1.54) is 11.3 Å². The van der Waals surface area contributed by atoms with Crippen molar-refractivity contribution < 1.29 is 9.53 Å². The van der Waals surface area contributed by atoms with Crippen LogP contribution in [0.1, 0.15) is 11.4 Å². The highest BCUT2D eigenvalue weighted by Gasteiger charge is 2.11. The Kier molecular flexibility index (Phi) is 4.55. The lowest BCUT2D eigenvalue weighted by molar-refractivity contribution is -0.118. The van der Waals surface area contributed by atoms with Gasteiger partial charge in [0.1, 0.15) is 11.3 Å². The van der Waals surface area contributed by atoms with Crippen LogP contribution in [0.3, 0.4) is 0 Å². The van der Waals surface area contributed by atoms with E-state index >= 15 is 0 Å².